The van der Waals surface area contributed by atoms with Crippen LogP contribution in [0.5, 0.6) is 11.5 Å². The molecule has 0 atom stereocenters. The SMILES string of the molecule is OCCN=Cc1cc2c(Nc3cccc(-c4ccc5c(c4)OCCO5)c3Cl)noc2cc1Cl. The first-order valence-electron chi connectivity index (χ1n) is 10.3. The zero-order valence-electron chi connectivity index (χ0n) is 17.3. The van der Waals surface area contributed by atoms with E-state index in [0.29, 0.717) is 58.2 Å². The number of aliphatic imine (C=N–C) groups is 1. The molecule has 9 heteroatoms. The van der Waals surface area contributed by atoms with Gasteiger partial charge in [0.25, 0.3) is 0 Å². The molecule has 1 aromatic heterocycles. The summed E-state index contributed by atoms with van der Waals surface area (Å²) in [5.74, 6) is 1.92. The monoisotopic (exact) mass is 483 g/mol. The van der Waals surface area contributed by atoms with E-state index in [-0.39, 0.29) is 6.61 Å². The lowest BCUT2D eigenvalue weighted by atomic mass is 10.0. The topological polar surface area (TPSA) is 89.1 Å². The van der Waals surface area contributed by atoms with Crippen LogP contribution >= 0.6 is 23.2 Å². The summed E-state index contributed by atoms with van der Waals surface area (Å²) < 4.78 is 16.8. The summed E-state index contributed by atoms with van der Waals surface area (Å²) in [5, 5.41) is 18.1. The van der Waals surface area contributed by atoms with Gasteiger partial charge in [0.15, 0.2) is 22.9 Å². The molecule has 33 heavy (non-hydrogen) atoms. The molecule has 3 aromatic carbocycles. The predicted octanol–water partition coefficient (Wildman–Crippen LogP) is 5.73. The van der Waals surface area contributed by atoms with Gasteiger partial charge in [-0.3, -0.25) is 4.99 Å². The molecule has 5 rings (SSSR count). The van der Waals surface area contributed by atoms with Crippen molar-refractivity contribution in [2.24, 2.45) is 4.99 Å². The minimum atomic E-state index is -0.0331. The molecular formula is C24H19Cl2N3O4. The highest BCUT2D eigenvalue weighted by Crippen LogP contribution is 2.40. The van der Waals surface area contributed by atoms with E-state index >= 15 is 0 Å². The van der Waals surface area contributed by atoms with E-state index in [1.54, 1.807) is 12.3 Å². The average molecular weight is 484 g/mol. The van der Waals surface area contributed by atoms with Crippen molar-refractivity contribution in [2.75, 3.05) is 31.7 Å². The Hall–Kier alpha value is -3.26. The molecule has 2 heterocycles. The molecule has 0 saturated carbocycles. The standard InChI is InChI=1S/C24H19Cl2N3O4/c25-18-12-21-17(10-15(18)13-27-6-7-30)24(29-33-21)28-19-3-1-2-16(23(19)26)14-4-5-20-22(11-14)32-9-8-31-20/h1-5,10-13,30H,6-9H2,(H,28,29). The number of ether oxygens (including phenoxy) is 2. The van der Waals surface area contributed by atoms with Crippen molar-refractivity contribution in [1.82, 2.24) is 5.16 Å². The van der Waals surface area contributed by atoms with Crippen LogP contribution in [0.2, 0.25) is 10.0 Å². The third-order valence-electron chi connectivity index (χ3n) is 5.15. The van der Waals surface area contributed by atoms with Crippen molar-refractivity contribution in [3.05, 3.63) is 64.1 Å². The molecule has 2 N–H and O–H groups in total. The zero-order chi connectivity index (χ0) is 22.8. The number of fused-ring (bicyclic) bond motifs is 2. The Balaban J connectivity index is 1.48. The van der Waals surface area contributed by atoms with Crippen molar-refractivity contribution in [3.63, 3.8) is 0 Å². The molecule has 0 unspecified atom stereocenters. The predicted molar refractivity (Wildman–Crippen MR) is 130 cm³/mol. The number of aromatic nitrogens is 1. The molecule has 0 bridgehead atoms. The second kappa shape index (κ2) is 9.31. The fourth-order valence-electron chi connectivity index (χ4n) is 3.58. The van der Waals surface area contributed by atoms with E-state index in [9.17, 15) is 0 Å². The molecule has 0 amide bonds. The molecule has 1 aliphatic heterocycles. The van der Waals surface area contributed by atoms with Gasteiger partial charge in [-0.05, 0) is 29.8 Å². The Morgan fingerprint density at radius 2 is 1.91 bits per heavy atom. The van der Waals surface area contributed by atoms with Gasteiger partial charge in [0.05, 0.1) is 34.3 Å². The lowest BCUT2D eigenvalue weighted by molar-refractivity contribution is 0.171. The molecule has 1 aliphatic rings. The summed E-state index contributed by atoms with van der Waals surface area (Å²) >= 11 is 13.1. The normalized spacial score (nSPS) is 13.1. The van der Waals surface area contributed by atoms with Crippen LogP contribution in [0.1, 0.15) is 5.56 Å². The van der Waals surface area contributed by atoms with E-state index in [0.717, 1.165) is 22.3 Å². The van der Waals surface area contributed by atoms with Crippen LogP contribution in [0.3, 0.4) is 0 Å². The Morgan fingerprint density at radius 3 is 2.76 bits per heavy atom. The lowest BCUT2D eigenvalue weighted by Crippen LogP contribution is -2.15. The molecule has 0 saturated heterocycles. The summed E-state index contributed by atoms with van der Waals surface area (Å²) in [6.45, 7) is 1.32. The smallest absolute Gasteiger partial charge is 0.181 e. The summed E-state index contributed by atoms with van der Waals surface area (Å²) in [4.78, 5) is 4.14. The maximum absolute atomic E-state index is 8.94. The molecule has 0 spiro atoms. The van der Waals surface area contributed by atoms with E-state index in [4.69, 9.17) is 42.3 Å². The largest absolute Gasteiger partial charge is 0.486 e. The number of aliphatic hydroxyl groups is 1. The van der Waals surface area contributed by atoms with E-state index in [2.05, 4.69) is 15.5 Å². The van der Waals surface area contributed by atoms with E-state index < -0.39 is 0 Å². The second-order valence-electron chi connectivity index (χ2n) is 7.31. The average Bonchev–Trinajstić information content (AvgIpc) is 3.21. The number of rotatable bonds is 6. The Kier molecular flexibility index (Phi) is 6.09. The first-order valence-corrected chi connectivity index (χ1v) is 11.0. The Labute approximate surface area is 199 Å². The number of benzene rings is 3. The third-order valence-corrected chi connectivity index (χ3v) is 5.89. The number of anilines is 2. The second-order valence-corrected chi connectivity index (χ2v) is 8.10. The first-order chi connectivity index (χ1) is 16.1. The summed E-state index contributed by atoms with van der Waals surface area (Å²) in [6, 6.07) is 15.0. The Morgan fingerprint density at radius 1 is 1.06 bits per heavy atom. The molecule has 0 fully saturated rings. The molecule has 168 valence electrons. The number of nitrogens with zero attached hydrogens (tertiary/aromatic N) is 2. The van der Waals surface area contributed by atoms with Gasteiger partial charge >= 0.3 is 0 Å². The molecule has 0 aliphatic carbocycles. The van der Waals surface area contributed by atoms with Crippen LogP contribution in [0, 0.1) is 0 Å². The summed E-state index contributed by atoms with van der Waals surface area (Å²) in [6.07, 6.45) is 1.62. The van der Waals surface area contributed by atoms with Crippen LogP contribution in [-0.4, -0.2) is 42.8 Å². The van der Waals surface area contributed by atoms with Crippen LogP contribution in [0.15, 0.2) is 58.0 Å². The maximum atomic E-state index is 8.94. The van der Waals surface area contributed by atoms with Crippen LogP contribution in [0.25, 0.3) is 22.1 Å². The first kappa shape index (κ1) is 21.6. The minimum absolute atomic E-state index is 0.0331. The quantitative estimate of drug-likeness (QED) is 0.340. The van der Waals surface area contributed by atoms with Crippen molar-refractivity contribution in [1.29, 1.82) is 0 Å². The van der Waals surface area contributed by atoms with Crippen LogP contribution < -0.4 is 14.8 Å². The number of aliphatic hydroxyl groups excluding tert-OH is 1. The molecule has 0 radical (unpaired) electrons. The minimum Gasteiger partial charge on any atom is -0.486 e. The summed E-state index contributed by atoms with van der Waals surface area (Å²) in [5.41, 5.74) is 3.64. The summed E-state index contributed by atoms with van der Waals surface area (Å²) in [7, 11) is 0. The van der Waals surface area contributed by atoms with E-state index in [1.165, 1.54) is 0 Å². The van der Waals surface area contributed by atoms with Crippen LogP contribution in [-0.2, 0) is 0 Å². The highest BCUT2D eigenvalue weighted by molar-refractivity contribution is 6.36. The lowest BCUT2D eigenvalue weighted by Gasteiger charge is -2.19. The fourth-order valence-corrected chi connectivity index (χ4v) is 4.06. The third kappa shape index (κ3) is 4.35. The fraction of sp³-hybridized carbons (Fsp3) is 0.167. The molecule has 7 nitrogen and oxygen atoms in total. The van der Waals surface area contributed by atoms with Gasteiger partial charge in [-0.1, -0.05) is 46.6 Å². The van der Waals surface area contributed by atoms with Gasteiger partial charge in [-0.15, -0.1) is 0 Å². The zero-order valence-corrected chi connectivity index (χ0v) is 18.9. The van der Waals surface area contributed by atoms with Gasteiger partial charge in [-0.2, -0.15) is 0 Å². The number of halogens is 2. The van der Waals surface area contributed by atoms with Gasteiger partial charge in [-0.25, -0.2) is 0 Å². The van der Waals surface area contributed by atoms with Crippen molar-refractivity contribution >= 4 is 51.9 Å². The molecule has 4 aromatic rings. The number of hydrogen-bond donors (Lipinski definition) is 2. The van der Waals surface area contributed by atoms with Gasteiger partial charge in [0.2, 0.25) is 0 Å². The van der Waals surface area contributed by atoms with Gasteiger partial charge < -0.3 is 24.4 Å². The van der Waals surface area contributed by atoms with Gasteiger partial charge in [0, 0.05) is 23.4 Å². The Bertz CT molecular complexity index is 1350. The molecular weight excluding hydrogens is 465 g/mol. The van der Waals surface area contributed by atoms with E-state index in [1.807, 2.05) is 42.5 Å². The number of hydrogen-bond acceptors (Lipinski definition) is 7. The van der Waals surface area contributed by atoms with Crippen molar-refractivity contribution < 1.29 is 19.1 Å². The van der Waals surface area contributed by atoms with Crippen molar-refractivity contribution in [3.8, 4) is 22.6 Å². The number of nitrogens with one attached hydrogen (secondary N) is 1. The van der Waals surface area contributed by atoms with Crippen LogP contribution in [0.4, 0.5) is 11.5 Å². The highest BCUT2D eigenvalue weighted by Gasteiger charge is 2.17. The maximum Gasteiger partial charge on any atom is 0.181 e. The highest BCUT2D eigenvalue weighted by atomic mass is 35.5. The van der Waals surface area contributed by atoms with Crippen molar-refractivity contribution in [2.45, 2.75) is 0 Å². The van der Waals surface area contributed by atoms with Gasteiger partial charge in [0.1, 0.15) is 13.2 Å².